The Bertz CT molecular complexity index is 2150. The van der Waals surface area contributed by atoms with Gasteiger partial charge in [0.25, 0.3) is 5.91 Å². The van der Waals surface area contributed by atoms with E-state index in [1.165, 1.54) is 0 Å². The topological polar surface area (TPSA) is 136 Å². The number of nitrogens with zero attached hydrogens (tertiary/aromatic N) is 4. The molecule has 4 N–H and O–H groups in total. The van der Waals surface area contributed by atoms with Crippen LogP contribution in [0.4, 0.5) is 14.6 Å². The number of nitrogen functional groups attached to an aromatic ring is 1. The minimum absolute atomic E-state index is 0.159. The van der Waals surface area contributed by atoms with Crippen LogP contribution >= 0.6 is 0 Å². The van der Waals surface area contributed by atoms with Gasteiger partial charge in [-0.15, -0.1) is 0 Å². The van der Waals surface area contributed by atoms with E-state index in [4.69, 9.17) is 15.7 Å². The zero-order valence-corrected chi connectivity index (χ0v) is 23.5. The number of aryl methyl sites for hydroxylation is 1. The summed E-state index contributed by atoms with van der Waals surface area (Å²) in [6.45, 7) is 0. The molecule has 6 aromatic rings. The van der Waals surface area contributed by atoms with Gasteiger partial charge in [-0.05, 0) is 66.4 Å². The molecule has 1 atom stereocenters. The Kier molecular flexibility index (Phi) is 6.77. The van der Waals surface area contributed by atoms with Gasteiger partial charge in [0.1, 0.15) is 11.3 Å². The lowest BCUT2D eigenvalue weighted by Gasteiger charge is -2.16. The number of nitrogens with two attached hydrogens (primary N) is 1. The first-order chi connectivity index (χ1) is 21.8. The number of benzene rings is 3. The minimum Gasteiger partial charge on any atom is -0.504 e. The molecule has 1 aliphatic carbocycles. The molecule has 3 aromatic carbocycles. The SMILES string of the molecule is Nc1ncccc1-c1nc2ccc(-c3ccccc3)nc2n1-c1ccc2c(c1)CC[C@@H]2NC(=O)c1cc(C=O)c(O)c(F)c1F. The van der Waals surface area contributed by atoms with E-state index >= 15 is 0 Å². The van der Waals surface area contributed by atoms with Crippen LogP contribution in [0.25, 0.3) is 39.5 Å². The molecule has 3 heterocycles. The molecule has 45 heavy (non-hydrogen) atoms. The number of carbonyl (C=O) groups excluding carboxylic acids is 2. The van der Waals surface area contributed by atoms with Gasteiger partial charge in [-0.2, -0.15) is 4.39 Å². The lowest BCUT2D eigenvalue weighted by Crippen LogP contribution is -2.28. The predicted octanol–water partition coefficient (Wildman–Crippen LogP) is 5.95. The fourth-order valence-corrected chi connectivity index (χ4v) is 5.78. The number of carbonyl (C=O) groups is 2. The Balaban J connectivity index is 1.29. The number of imidazole rings is 1. The fourth-order valence-electron chi connectivity index (χ4n) is 5.78. The van der Waals surface area contributed by atoms with Crippen LogP contribution in [0.3, 0.4) is 0 Å². The summed E-state index contributed by atoms with van der Waals surface area (Å²) in [7, 11) is 0. The molecule has 3 aromatic heterocycles. The van der Waals surface area contributed by atoms with Gasteiger partial charge in [-0.3, -0.25) is 14.2 Å². The summed E-state index contributed by atoms with van der Waals surface area (Å²) in [6.07, 6.45) is 2.88. The van der Waals surface area contributed by atoms with Gasteiger partial charge < -0.3 is 16.2 Å². The molecule has 1 aliphatic rings. The highest BCUT2D eigenvalue weighted by atomic mass is 19.2. The molecule has 9 nitrogen and oxygen atoms in total. The molecule has 0 saturated heterocycles. The van der Waals surface area contributed by atoms with Gasteiger partial charge in [-0.25, -0.2) is 19.3 Å². The maximum Gasteiger partial charge on any atom is 0.254 e. The molecule has 7 rings (SSSR count). The third kappa shape index (κ3) is 4.74. The van der Waals surface area contributed by atoms with Crippen molar-refractivity contribution in [1.29, 1.82) is 0 Å². The van der Waals surface area contributed by atoms with E-state index in [0.717, 1.165) is 34.1 Å². The number of hydrogen-bond donors (Lipinski definition) is 3. The van der Waals surface area contributed by atoms with E-state index in [2.05, 4.69) is 10.3 Å². The second-order valence-corrected chi connectivity index (χ2v) is 10.7. The number of pyridine rings is 2. The Labute approximate surface area is 255 Å². The molecule has 222 valence electrons. The monoisotopic (exact) mass is 602 g/mol. The normalized spacial score (nSPS) is 14.0. The van der Waals surface area contributed by atoms with E-state index in [9.17, 15) is 23.5 Å². The average molecular weight is 603 g/mol. The zero-order chi connectivity index (χ0) is 31.2. The van der Waals surface area contributed by atoms with Crippen LogP contribution in [0.5, 0.6) is 5.75 Å². The number of aldehydes is 1. The van der Waals surface area contributed by atoms with Crippen LogP contribution in [0, 0.1) is 11.6 Å². The lowest BCUT2D eigenvalue weighted by molar-refractivity contribution is 0.0931. The number of nitrogens with one attached hydrogen (secondary N) is 1. The van der Waals surface area contributed by atoms with Gasteiger partial charge in [0, 0.05) is 17.4 Å². The summed E-state index contributed by atoms with van der Waals surface area (Å²) in [6, 6.07) is 23.3. The standard InChI is InChI=1S/C34H24F2N6O3/c35-28-24(16-20(17-43)30(44)29(28)36)34(45)41-26-11-8-19-15-21(9-10-22(19)26)42-32(23-7-4-14-38-31(23)37)40-27-13-12-25(39-33(27)42)18-5-2-1-3-6-18/h1-7,9-10,12-17,26,44H,8,11H2,(H2,37,38)(H,41,45)/t26-/m0/s1. The van der Waals surface area contributed by atoms with Gasteiger partial charge in [0.2, 0.25) is 5.82 Å². The van der Waals surface area contributed by atoms with Crippen molar-refractivity contribution in [1.82, 2.24) is 24.8 Å². The highest BCUT2D eigenvalue weighted by molar-refractivity contribution is 5.97. The molecule has 0 spiro atoms. The average Bonchev–Trinajstić information content (AvgIpc) is 3.64. The van der Waals surface area contributed by atoms with Crippen LogP contribution in [-0.4, -0.2) is 36.8 Å². The van der Waals surface area contributed by atoms with Crippen LogP contribution in [0.15, 0.2) is 85.1 Å². The molecule has 0 radical (unpaired) electrons. The quantitative estimate of drug-likeness (QED) is 0.201. The first kappa shape index (κ1) is 27.8. The second-order valence-electron chi connectivity index (χ2n) is 10.7. The number of aromatic hydroxyl groups is 1. The second kappa shape index (κ2) is 10.9. The summed E-state index contributed by atoms with van der Waals surface area (Å²) in [4.78, 5) is 38.3. The van der Waals surface area contributed by atoms with Gasteiger partial charge in [0.05, 0.1) is 28.4 Å². The summed E-state index contributed by atoms with van der Waals surface area (Å²) in [5, 5.41) is 12.4. The van der Waals surface area contributed by atoms with Gasteiger partial charge in [-0.1, -0.05) is 36.4 Å². The zero-order valence-electron chi connectivity index (χ0n) is 23.5. The Hall–Kier alpha value is -5.97. The van der Waals surface area contributed by atoms with Crippen molar-refractivity contribution in [3.05, 3.63) is 119 Å². The third-order valence-electron chi connectivity index (χ3n) is 8.00. The third-order valence-corrected chi connectivity index (χ3v) is 8.00. The molecule has 0 aliphatic heterocycles. The molecular formula is C34H24F2N6O3. The molecule has 0 fully saturated rings. The van der Waals surface area contributed by atoms with Crippen LogP contribution in [0.1, 0.15) is 44.3 Å². The van der Waals surface area contributed by atoms with E-state index in [1.54, 1.807) is 12.3 Å². The summed E-state index contributed by atoms with van der Waals surface area (Å²) in [5.41, 5.74) is 11.3. The molecule has 0 bridgehead atoms. The van der Waals surface area contributed by atoms with E-state index in [0.29, 0.717) is 41.2 Å². The number of halogens is 2. The number of fused-ring (bicyclic) bond motifs is 2. The number of amides is 1. The van der Waals surface area contributed by atoms with Gasteiger partial charge >= 0.3 is 0 Å². The molecular weight excluding hydrogens is 578 g/mol. The van der Waals surface area contributed by atoms with Crippen molar-refractivity contribution in [2.45, 2.75) is 18.9 Å². The highest BCUT2D eigenvalue weighted by Gasteiger charge is 2.29. The van der Waals surface area contributed by atoms with Crippen molar-refractivity contribution in [2.24, 2.45) is 0 Å². The minimum atomic E-state index is -1.65. The van der Waals surface area contributed by atoms with E-state index in [1.807, 2.05) is 71.3 Å². The lowest BCUT2D eigenvalue weighted by atomic mass is 10.0. The molecule has 11 heteroatoms. The first-order valence-corrected chi connectivity index (χ1v) is 14.1. The van der Waals surface area contributed by atoms with Crippen molar-refractivity contribution in [3.8, 4) is 34.1 Å². The van der Waals surface area contributed by atoms with Crippen molar-refractivity contribution >= 4 is 29.2 Å². The van der Waals surface area contributed by atoms with Crippen LogP contribution in [-0.2, 0) is 6.42 Å². The first-order valence-electron chi connectivity index (χ1n) is 14.1. The van der Waals surface area contributed by atoms with Crippen LogP contribution in [0.2, 0.25) is 0 Å². The Morgan fingerprint density at radius 1 is 1.00 bits per heavy atom. The Morgan fingerprint density at radius 2 is 1.82 bits per heavy atom. The largest absolute Gasteiger partial charge is 0.504 e. The maximum absolute atomic E-state index is 14.5. The summed E-state index contributed by atoms with van der Waals surface area (Å²) >= 11 is 0. The fraction of sp³-hybridized carbons (Fsp3) is 0.0882. The number of aromatic nitrogens is 4. The number of phenolic OH excluding ortho intramolecular Hbond substituents is 1. The van der Waals surface area contributed by atoms with E-state index < -0.39 is 40.5 Å². The Morgan fingerprint density at radius 3 is 2.60 bits per heavy atom. The van der Waals surface area contributed by atoms with Crippen molar-refractivity contribution < 1.29 is 23.5 Å². The van der Waals surface area contributed by atoms with Gasteiger partial charge in [0.15, 0.2) is 29.3 Å². The molecule has 0 unspecified atom stereocenters. The van der Waals surface area contributed by atoms with Crippen molar-refractivity contribution in [2.75, 3.05) is 5.73 Å². The number of anilines is 1. The highest BCUT2D eigenvalue weighted by Crippen LogP contribution is 2.37. The summed E-state index contributed by atoms with van der Waals surface area (Å²) < 4.78 is 30.6. The van der Waals surface area contributed by atoms with Crippen molar-refractivity contribution in [3.63, 3.8) is 0 Å². The number of rotatable bonds is 6. The maximum atomic E-state index is 14.5. The van der Waals surface area contributed by atoms with E-state index in [-0.39, 0.29) is 6.29 Å². The predicted molar refractivity (Wildman–Crippen MR) is 164 cm³/mol. The smallest absolute Gasteiger partial charge is 0.254 e. The number of hydrogen-bond acceptors (Lipinski definition) is 7. The molecule has 0 saturated carbocycles. The molecule has 1 amide bonds. The number of phenols is 1. The summed E-state index contributed by atoms with van der Waals surface area (Å²) in [5.74, 6) is -4.33. The van der Waals surface area contributed by atoms with Crippen LogP contribution < -0.4 is 11.1 Å².